The van der Waals surface area contributed by atoms with Gasteiger partial charge in [-0.05, 0) is 55.7 Å². The molecule has 0 radical (unpaired) electrons. The first-order valence-electron chi connectivity index (χ1n) is 6.06. The van der Waals surface area contributed by atoms with Crippen LogP contribution < -0.4 is 4.74 Å². The summed E-state index contributed by atoms with van der Waals surface area (Å²) >= 11 is 6.12. The van der Waals surface area contributed by atoms with Crippen molar-refractivity contribution < 1.29 is 9.84 Å². The number of aryl methyl sites for hydroxylation is 2. The van der Waals surface area contributed by atoms with Gasteiger partial charge in [0.05, 0.1) is 6.10 Å². The van der Waals surface area contributed by atoms with Gasteiger partial charge in [0.15, 0.2) is 0 Å². The molecule has 0 amide bonds. The fourth-order valence-electron chi connectivity index (χ4n) is 1.83. The second-order valence-electron chi connectivity index (χ2n) is 4.58. The molecule has 0 saturated carbocycles. The molecule has 2 aromatic rings. The Labute approximate surface area is 117 Å². The summed E-state index contributed by atoms with van der Waals surface area (Å²) in [7, 11) is 0. The minimum atomic E-state index is -0.543. The Balaban J connectivity index is 2.28. The second kappa shape index (κ2) is 5.59. The Morgan fingerprint density at radius 1 is 1.21 bits per heavy atom. The summed E-state index contributed by atoms with van der Waals surface area (Å²) in [6.07, 6.45) is 1.08. The number of hydrogen-bond donors (Lipinski definition) is 1. The van der Waals surface area contributed by atoms with Gasteiger partial charge in [-0.3, -0.25) is 0 Å². The third kappa shape index (κ3) is 3.25. The number of aliphatic hydroxyl groups is 1. The van der Waals surface area contributed by atoms with Crippen LogP contribution in [0.2, 0.25) is 5.02 Å². The van der Waals surface area contributed by atoms with Crippen molar-refractivity contribution >= 4 is 11.6 Å². The largest absolute Gasteiger partial charge is 0.439 e. The molecule has 0 bridgehead atoms. The van der Waals surface area contributed by atoms with Crippen LogP contribution in [0.4, 0.5) is 0 Å². The molecular weight excluding hydrogens is 262 g/mol. The molecule has 0 aliphatic heterocycles. The molecule has 1 N–H and O–H groups in total. The van der Waals surface area contributed by atoms with Gasteiger partial charge in [0.25, 0.3) is 0 Å². The normalized spacial score (nSPS) is 12.3. The smallest absolute Gasteiger partial charge is 0.219 e. The summed E-state index contributed by atoms with van der Waals surface area (Å²) in [6, 6.07) is 7.22. The van der Waals surface area contributed by atoms with Gasteiger partial charge in [-0.1, -0.05) is 11.6 Å². The van der Waals surface area contributed by atoms with Crippen LogP contribution >= 0.6 is 11.6 Å². The second-order valence-corrected chi connectivity index (χ2v) is 4.95. The molecule has 4 heteroatoms. The summed E-state index contributed by atoms with van der Waals surface area (Å²) in [4.78, 5) is 4.13. The Bertz CT molecular complexity index is 573. The quantitative estimate of drug-likeness (QED) is 0.914. The SMILES string of the molecule is Cc1cc(Oc2cc([C@@H](C)O)ccn2)cc(C)c1Cl. The first-order valence-corrected chi connectivity index (χ1v) is 6.44. The van der Waals surface area contributed by atoms with Crippen molar-refractivity contribution in [3.8, 4) is 11.6 Å². The van der Waals surface area contributed by atoms with Crippen LogP contribution in [0.1, 0.15) is 29.7 Å². The van der Waals surface area contributed by atoms with Crippen LogP contribution in [0, 0.1) is 13.8 Å². The topological polar surface area (TPSA) is 42.4 Å². The Hall–Kier alpha value is -1.58. The monoisotopic (exact) mass is 277 g/mol. The number of benzene rings is 1. The van der Waals surface area contributed by atoms with E-state index < -0.39 is 6.10 Å². The van der Waals surface area contributed by atoms with Crippen LogP contribution in [0.25, 0.3) is 0 Å². The van der Waals surface area contributed by atoms with Crippen molar-refractivity contribution in [3.63, 3.8) is 0 Å². The van der Waals surface area contributed by atoms with E-state index in [1.54, 1.807) is 25.3 Å². The van der Waals surface area contributed by atoms with E-state index in [-0.39, 0.29) is 0 Å². The molecule has 1 aromatic carbocycles. The summed E-state index contributed by atoms with van der Waals surface area (Å²) in [5.41, 5.74) is 2.69. The lowest BCUT2D eigenvalue weighted by molar-refractivity contribution is 0.198. The lowest BCUT2D eigenvalue weighted by Gasteiger charge is -2.10. The molecule has 1 atom stereocenters. The van der Waals surface area contributed by atoms with E-state index in [2.05, 4.69) is 4.98 Å². The number of aliphatic hydroxyl groups excluding tert-OH is 1. The molecule has 100 valence electrons. The van der Waals surface area contributed by atoms with Crippen molar-refractivity contribution in [3.05, 3.63) is 52.2 Å². The number of ether oxygens (including phenoxy) is 1. The van der Waals surface area contributed by atoms with Crippen molar-refractivity contribution in [1.82, 2.24) is 4.98 Å². The Morgan fingerprint density at radius 3 is 2.42 bits per heavy atom. The van der Waals surface area contributed by atoms with Crippen molar-refractivity contribution in [2.24, 2.45) is 0 Å². The summed E-state index contributed by atoms with van der Waals surface area (Å²) in [5, 5.41) is 10.3. The van der Waals surface area contributed by atoms with E-state index in [4.69, 9.17) is 16.3 Å². The number of aromatic nitrogens is 1. The van der Waals surface area contributed by atoms with Gasteiger partial charge >= 0.3 is 0 Å². The maximum atomic E-state index is 9.54. The first kappa shape index (κ1) is 13.8. The van der Waals surface area contributed by atoms with Gasteiger partial charge < -0.3 is 9.84 Å². The number of rotatable bonds is 3. The molecule has 3 nitrogen and oxygen atoms in total. The zero-order valence-corrected chi connectivity index (χ0v) is 11.9. The van der Waals surface area contributed by atoms with Crippen molar-refractivity contribution in [2.45, 2.75) is 26.9 Å². The highest BCUT2D eigenvalue weighted by molar-refractivity contribution is 6.32. The van der Waals surface area contributed by atoms with E-state index in [0.29, 0.717) is 11.6 Å². The van der Waals surface area contributed by atoms with E-state index in [1.807, 2.05) is 26.0 Å². The van der Waals surface area contributed by atoms with Crippen LogP contribution in [-0.4, -0.2) is 10.1 Å². The van der Waals surface area contributed by atoms with E-state index in [9.17, 15) is 5.11 Å². The van der Waals surface area contributed by atoms with Gasteiger partial charge in [0, 0.05) is 17.3 Å². The van der Waals surface area contributed by atoms with Crippen LogP contribution in [-0.2, 0) is 0 Å². The Morgan fingerprint density at radius 2 is 1.84 bits per heavy atom. The Kier molecular flexibility index (Phi) is 4.08. The third-order valence-electron chi connectivity index (χ3n) is 2.87. The predicted octanol–water partition coefficient (Wildman–Crippen LogP) is 4.20. The zero-order valence-electron chi connectivity index (χ0n) is 11.1. The van der Waals surface area contributed by atoms with E-state index in [0.717, 1.165) is 21.7 Å². The summed E-state index contributed by atoms with van der Waals surface area (Å²) in [6.45, 7) is 5.57. The minimum absolute atomic E-state index is 0.458. The minimum Gasteiger partial charge on any atom is -0.439 e. The molecule has 2 rings (SSSR count). The molecule has 1 aromatic heterocycles. The highest BCUT2D eigenvalue weighted by Gasteiger charge is 2.07. The van der Waals surface area contributed by atoms with Gasteiger partial charge in [0.2, 0.25) is 5.88 Å². The van der Waals surface area contributed by atoms with Crippen LogP contribution in [0.3, 0.4) is 0 Å². The molecule has 0 saturated heterocycles. The number of pyridine rings is 1. The molecule has 0 spiro atoms. The molecule has 0 fully saturated rings. The summed E-state index contributed by atoms with van der Waals surface area (Å²) in [5.74, 6) is 1.15. The average molecular weight is 278 g/mol. The maximum absolute atomic E-state index is 9.54. The van der Waals surface area contributed by atoms with E-state index >= 15 is 0 Å². The average Bonchev–Trinajstić information content (AvgIpc) is 2.36. The van der Waals surface area contributed by atoms with Crippen molar-refractivity contribution in [2.75, 3.05) is 0 Å². The van der Waals surface area contributed by atoms with Gasteiger partial charge in [-0.25, -0.2) is 4.98 Å². The standard InChI is InChI=1S/C15H16ClNO2/c1-9-6-13(7-10(2)15(9)16)19-14-8-12(11(3)18)4-5-17-14/h4-8,11,18H,1-3H3/t11-/m1/s1. The van der Waals surface area contributed by atoms with Crippen LogP contribution in [0.15, 0.2) is 30.5 Å². The number of halogens is 1. The molecule has 0 aliphatic rings. The fraction of sp³-hybridized carbons (Fsp3) is 0.267. The third-order valence-corrected chi connectivity index (χ3v) is 3.47. The van der Waals surface area contributed by atoms with E-state index in [1.165, 1.54) is 0 Å². The zero-order chi connectivity index (χ0) is 14.0. The molecule has 0 unspecified atom stereocenters. The molecule has 0 aliphatic carbocycles. The number of nitrogens with zero attached hydrogens (tertiary/aromatic N) is 1. The molecule has 19 heavy (non-hydrogen) atoms. The lowest BCUT2D eigenvalue weighted by Crippen LogP contribution is -1.95. The molecule has 1 heterocycles. The van der Waals surface area contributed by atoms with Gasteiger partial charge in [-0.15, -0.1) is 0 Å². The molecular formula is C15H16ClNO2. The first-order chi connectivity index (χ1) is 8.97. The summed E-state index contributed by atoms with van der Waals surface area (Å²) < 4.78 is 5.70. The highest BCUT2D eigenvalue weighted by atomic mass is 35.5. The highest BCUT2D eigenvalue weighted by Crippen LogP contribution is 2.29. The van der Waals surface area contributed by atoms with Gasteiger partial charge in [-0.2, -0.15) is 0 Å². The number of hydrogen-bond acceptors (Lipinski definition) is 3. The fourth-order valence-corrected chi connectivity index (χ4v) is 1.94. The predicted molar refractivity (Wildman–Crippen MR) is 75.9 cm³/mol. The maximum Gasteiger partial charge on any atom is 0.219 e. The van der Waals surface area contributed by atoms with Crippen LogP contribution in [0.5, 0.6) is 11.6 Å². The van der Waals surface area contributed by atoms with Gasteiger partial charge in [0.1, 0.15) is 5.75 Å². The van der Waals surface area contributed by atoms with Crippen molar-refractivity contribution in [1.29, 1.82) is 0 Å². The lowest BCUT2D eigenvalue weighted by atomic mass is 10.1.